The lowest BCUT2D eigenvalue weighted by Gasteiger charge is -2.22. The highest BCUT2D eigenvalue weighted by Crippen LogP contribution is 2.30. The SMILES string of the molecule is CCOCc1nc(C2CCCN2C(=O)COCCOC)no1. The van der Waals surface area contributed by atoms with E-state index in [2.05, 4.69) is 10.1 Å². The Kier molecular flexibility index (Phi) is 6.75. The molecule has 2 heterocycles. The summed E-state index contributed by atoms with van der Waals surface area (Å²) in [4.78, 5) is 18.3. The van der Waals surface area contributed by atoms with Crippen LogP contribution >= 0.6 is 0 Å². The second-order valence-electron chi connectivity index (χ2n) is 4.97. The first-order valence-corrected chi connectivity index (χ1v) is 7.52. The zero-order valence-corrected chi connectivity index (χ0v) is 13.1. The Morgan fingerprint density at radius 1 is 1.41 bits per heavy atom. The average molecular weight is 313 g/mol. The summed E-state index contributed by atoms with van der Waals surface area (Å²) >= 11 is 0. The van der Waals surface area contributed by atoms with Gasteiger partial charge in [-0.15, -0.1) is 0 Å². The maximum absolute atomic E-state index is 12.2. The van der Waals surface area contributed by atoms with Crippen LogP contribution < -0.4 is 0 Å². The Bertz CT molecular complexity index is 465. The molecule has 0 radical (unpaired) electrons. The van der Waals surface area contributed by atoms with Crippen LogP contribution in [0.2, 0.25) is 0 Å². The van der Waals surface area contributed by atoms with E-state index in [1.54, 1.807) is 12.0 Å². The summed E-state index contributed by atoms with van der Waals surface area (Å²) in [6.07, 6.45) is 1.75. The van der Waals surface area contributed by atoms with E-state index >= 15 is 0 Å². The smallest absolute Gasteiger partial charge is 0.252 e. The van der Waals surface area contributed by atoms with E-state index in [0.717, 1.165) is 12.8 Å². The molecule has 0 aromatic carbocycles. The van der Waals surface area contributed by atoms with Crippen molar-refractivity contribution in [3.8, 4) is 0 Å². The lowest BCUT2D eigenvalue weighted by molar-refractivity contribution is -0.137. The number of aromatic nitrogens is 2. The predicted molar refractivity (Wildman–Crippen MR) is 76.0 cm³/mol. The molecule has 0 aliphatic carbocycles. The van der Waals surface area contributed by atoms with E-state index in [-0.39, 0.29) is 18.6 Å². The fraction of sp³-hybridized carbons (Fsp3) is 0.786. The molecular weight excluding hydrogens is 290 g/mol. The van der Waals surface area contributed by atoms with Gasteiger partial charge in [-0.2, -0.15) is 4.98 Å². The lowest BCUT2D eigenvalue weighted by Crippen LogP contribution is -2.34. The molecule has 1 atom stereocenters. The van der Waals surface area contributed by atoms with E-state index in [4.69, 9.17) is 18.7 Å². The van der Waals surface area contributed by atoms with Gasteiger partial charge in [-0.1, -0.05) is 5.16 Å². The highest BCUT2D eigenvalue weighted by atomic mass is 16.5. The molecule has 22 heavy (non-hydrogen) atoms. The Hall–Kier alpha value is -1.51. The van der Waals surface area contributed by atoms with Crippen molar-refractivity contribution in [1.29, 1.82) is 0 Å². The van der Waals surface area contributed by atoms with Crippen LogP contribution in [-0.2, 0) is 25.6 Å². The van der Waals surface area contributed by atoms with Gasteiger partial charge in [-0.25, -0.2) is 0 Å². The summed E-state index contributed by atoms with van der Waals surface area (Å²) < 4.78 is 20.6. The van der Waals surface area contributed by atoms with Crippen molar-refractivity contribution >= 4 is 5.91 Å². The highest BCUT2D eigenvalue weighted by molar-refractivity contribution is 5.78. The molecule has 1 aromatic rings. The van der Waals surface area contributed by atoms with Crippen LogP contribution in [-0.4, -0.2) is 61.0 Å². The van der Waals surface area contributed by atoms with Crippen molar-refractivity contribution in [1.82, 2.24) is 15.0 Å². The Balaban J connectivity index is 1.89. The van der Waals surface area contributed by atoms with Crippen LogP contribution in [0.3, 0.4) is 0 Å². The first kappa shape index (κ1) is 16.9. The van der Waals surface area contributed by atoms with Crippen LogP contribution in [0.4, 0.5) is 0 Å². The maximum atomic E-state index is 12.2. The number of carbonyl (C=O) groups is 1. The van der Waals surface area contributed by atoms with Crippen LogP contribution in [0, 0.1) is 0 Å². The highest BCUT2D eigenvalue weighted by Gasteiger charge is 2.33. The summed E-state index contributed by atoms with van der Waals surface area (Å²) in [5, 5.41) is 3.97. The molecule has 0 N–H and O–H groups in total. The van der Waals surface area contributed by atoms with Gasteiger partial charge in [0.05, 0.1) is 19.3 Å². The van der Waals surface area contributed by atoms with Crippen molar-refractivity contribution in [3.05, 3.63) is 11.7 Å². The van der Waals surface area contributed by atoms with E-state index < -0.39 is 0 Å². The Morgan fingerprint density at radius 2 is 2.27 bits per heavy atom. The number of amides is 1. The number of hydrogen-bond donors (Lipinski definition) is 0. The summed E-state index contributed by atoms with van der Waals surface area (Å²) in [6, 6.07) is -0.141. The van der Waals surface area contributed by atoms with E-state index in [9.17, 15) is 4.79 Å². The normalized spacial score (nSPS) is 18.1. The molecule has 1 unspecified atom stereocenters. The van der Waals surface area contributed by atoms with Crippen LogP contribution in [0.25, 0.3) is 0 Å². The fourth-order valence-corrected chi connectivity index (χ4v) is 2.37. The molecule has 1 aromatic heterocycles. The molecule has 0 saturated carbocycles. The largest absolute Gasteiger partial charge is 0.382 e. The summed E-state index contributed by atoms with van der Waals surface area (Å²) in [6.45, 7) is 4.40. The van der Waals surface area contributed by atoms with Crippen molar-refractivity contribution in [2.24, 2.45) is 0 Å². The third-order valence-corrected chi connectivity index (χ3v) is 3.44. The van der Waals surface area contributed by atoms with Crippen molar-refractivity contribution in [2.45, 2.75) is 32.4 Å². The quantitative estimate of drug-likeness (QED) is 0.627. The molecule has 2 rings (SSSR count). The van der Waals surface area contributed by atoms with Gasteiger partial charge in [0.1, 0.15) is 13.2 Å². The first-order chi connectivity index (χ1) is 10.8. The topological polar surface area (TPSA) is 86.9 Å². The molecule has 1 saturated heterocycles. The summed E-state index contributed by atoms with van der Waals surface area (Å²) in [7, 11) is 1.60. The maximum Gasteiger partial charge on any atom is 0.252 e. The van der Waals surface area contributed by atoms with Crippen LogP contribution in [0.5, 0.6) is 0 Å². The molecule has 8 heteroatoms. The minimum atomic E-state index is -0.141. The third-order valence-electron chi connectivity index (χ3n) is 3.44. The van der Waals surface area contributed by atoms with E-state index in [1.165, 1.54) is 0 Å². The third kappa shape index (κ3) is 4.49. The number of rotatable bonds is 9. The molecule has 8 nitrogen and oxygen atoms in total. The number of methoxy groups -OCH3 is 1. The molecule has 1 amide bonds. The van der Waals surface area contributed by atoms with Gasteiger partial charge in [0.25, 0.3) is 5.89 Å². The number of nitrogens with zero attached hydrogens (tertiary/aromatic N) is 3. The molecule has 1 fully saturated rings. The Labute approximate surface area is 129 Å². The van der Waals surface area contributed by atoms with Crippen molar-refractivity contribution in [3.63, 3.8) is 0 Å². The number of likely N-dealkylation sites (tertiary alicyclic amines) is 1. The van der Waals surface area contributed by atoms with Gasteiger partial charge < -0.3 is 23.6 Å². The average Bonchev–Trinajstić information content (AvgIpc) is 3.17. The van der Waals surface area contributed by atoms with Gasteiger partial charge in [0.15, 0.2) is 5.82 Å². The number of hydrogen-bond acceptors (Lipinski definition) is 7. The molecule has 0 spiro atoms. The molecule has 1 aliphatic heterocycles. The van der Waals surface area contributed by atoms with Crippen molar-refractivity contribution < 1.29 is 23.5 Å². The van der Waals surface area contributed by atoms with Gasteiger partial charge in [0.2, 0.25) is 5.91 Å². The van der Waals surface area contributed by atoms with E-state index in [1.807, 2.05) is 6.92 Å². The zero-order chi connectivity index (χ0) is 15.8. The van der Waals surface area contributed by atoms with Gasteiger partial charge in [0, 0.05) is 20.3 Å². The predicted octanol–water partition coefficient (Wildman–Crippen LogP) is 0.933. The number of ether oxygens (including phenoxy) is 3. The number of carbonyl (C=O) groups excluding carboxylic acids is 1. The second-order valence-corrected chi connectivity index (χ2v) is 4.97. The molecule has 1 aliphatic rings. The standard InChI is InChI=1S/C14H23N3O5/c1-3-20-9-12-15-14(16-22-12)11-5-4-6-17(11)13(18)10-21-8-7-19-2/h11H,3-10H2,1-2H3. The monoisotopic (exact) mass is 313 g/mol. The van der Waals surface area contributed by atoms with Crippen LogP contribution in [0.15, 0.2) is 4.52 Å². The van der Waals surface area contributed by atoms with Crippen molar-refractivity contribution in [2.75, 3.05) is 40.1 Å². The van der Waals surface area contributed by atoms with Gasteiger partial charge >= 0.3 is 0 Å². The minimum absolute atomic E-state index is 0.0452. The molecule has 0 bridgehead atoms. The Morgan fingerprint density at radius 3 is 3.05 bits per heavy atom. The van der Waals surface area contributed by atoms with Gasteiger partial charge in [-0.05, 0) is 19.8 Å². The first-order valence-electron chi connectivity index (χ1n) is 7.52. The van der Waals surface area contributed by atoms with Gasteiger partial charge in [-0.3, -0.25) is 4.79 Å². The lowest BCUT2D eigenvalue weighted by atomic mass is 10.2. The van der Waals surface area contributed by atoms with Crippen LogP contribution in [0.1, 0.15) is 37.5 Å². The molecular formula is C14H23N3O5. The summed E-state index contributed by atoms with van der Waals surface area (Å²) in [5.41, 5.74) is 0. The second kappa shape index (κ2) is 8.82. The minimum Gasteiger partial charge on any atom is -0.382 e. The van der Waals surface area contributed by atoms with E-state index in [0.29, 0.717) is 44.7 Å². The zero-order valence-electron chi connectivity index (χ0n) is 13.1. The summed E-state index contributed by atoms with van der Waals surface area (Å²) in [5.74, 6) is 0.916. The molecule has 124 valence electrons. The fourth-order valence-electron chi connectivity index (χ4n) is 2.37.